The van der Waals surface area contributed by atoms with Crippen LogP contribution in [-0.2, 0) is 0 Å². The van der Waals surface area contributed by atoms with Crippen LogP contribution in [0.15, 0.2) is 48.6 Å². The molecular formula is C19H15Cl2NO2. The Labute approximate surface area is 149 Å². The number of hydrogen-bond donors (Lipinski definition) is 2. The van der Waals surface area contributed by atoms with Gasteiger partial charge in [-0.25, -0.2) is 4.79 Å². The van der Waals surface area contributed by atoms with Crippen molar-refractivity contribution in [3.63, 3.8) is 0 Å². The molecule has 2 aromatic rings. The Morgan fingerprint density at radius 3 is 2.62 bits per heavy atom. The van der Waals surface area contributed by atoms with E-state index in [1.54, 1.807) is 6.07 Å². The largest absolute Gasteiger partial charge is 0.478 e. The van der Waals surface area contributed by atoms with Gasteiger partial charge in [0, 0.05) is 10.9 Å². The highest BCUT2D eigenvalue weighted by atomic mass is 35.5. The summed E-state index contributed by atoms with van der Waals surface area (Å²) in [6.45, 7) is 0. The molecule has 24 heavy (non-hydrogen) atoms. The van der Waals surface area contributed by atoms with Crippen LogP contribution in [0.5, 0.6) is 0 Å². The number of aromatic carboxylic acids is 1. The second-order valence-corrected chi connectivity index (χ2v) is 7.10. The number of rotatable bonds is 2. The van der Waals surface area contributed by atoms with Crippen LogP contribution < -0.4 is 5.32 Å². The van der Waals surface area contributed by atoms with Crippen molar-refractivity contribution in [2.24, 2.45) is 5.92 Å². The number of benzene rings is 2. The first-order chi connectivity index (χ1) is 11.5. The Morgan fingerprint density at radius 1 is 1.17 bits per heavy atom. The molecule has 0 saturated carbocycles. The Bertz CT molecular complexity index is 845. The molecule has 3 atom stereocenters. The highest BCUT2D eigenvalue weighted by Crippen LogP contribution is 2.51. The van der Waals surface area contributed by atoms with Crippen LogP contribution >= 0.6 is 23.2 Å². The van der Waals surface area contributed by atoms with E-state index in [9.17, 15) is 9.90 Å². The van der Waals surface area contributed by atoms with Gasteiger partial charge < -0.3 is 10.4 Å². The van der Waals surface area contributed by atoms with Gasteiger partial charge >= 0.3 is 5.97 Å². The summed E-state index contributed by atoms with van der Waals surface area (Å²) in [5.41, 5.74) is 3.17. The lowest BCUT2D eigenvalue weighted by atomic mass is 9.76. The lowest BCUT2D eigenvalue weighted by Crippen LogP contribution is -2.29. The third-order valence-electron chi connectivity index (χ3n) is 4.90. The predicted molar refractivity (Wildman–Crippen MR) is 96.2 cm³/mol. The van der Waals surface area contributed by atoms with Crippen molar-refractivity contribution in [3.05, 3.63) is 75.3 Å². The van der Waals surface area contributed by atoms with E-state index in [-0.39, 0.29) is 17.5 Å². The Balaban J connectivity index is 1.82. The van der Waals surface area contributed by atoms with Crippen LogP contribution in [0, 0.1) is 5.92 Å². The molecule has 1 aliphatic carbocycles. The van der Waals surface area contributed by atoms with Crippen molar-refractivity contribution in [2.45, 2.75) is 18.4 Å². The van der Waals surface area contributed by atoms with E-state index in [4.69, 9.17) is 23.2 Å². The summed E-state index contributed by atoms with van der Waals surface area (Å²) in [5, 5.41) is 14.0. The molecule has 0 aromatic heterocycles. The molecule has 2 aliphatic rings. The quantitative estimate of drug-likeness (QED) is 0.694. The Hall–Kier alpha value is -1.97. The zero-order chi connectivity index (χ0) is 16.8. The normalized spacial score (nSPS) is 24.2. The first kappa shape index (κ1) is 15.6. The molecule has 0 radical (unpaired) electrons. The second-order valence-electron chi connectivity index (χ2n) is 6.25. The summed E-state index contributed by atoms with van der Waals surface area (Å²) in [6.07, 6.45) is 5.27. The van der Waals surface area contributed by atoms with E-state index in [1.165, 1.54) is 6.07 Å². The Kier molecular flexibility index (Phi) is 3.78. The van der Waals surface area contributed by atoms with Gasteiger partial charge in [0.15, 0.2) is 0 Å². The van der Waals surface area contributed by atoms with E-state index in [2.05, 4.69) is 17.5 Å². The van der Waals surface area contributed by atoms with Crippen LogP contribution in [0.1, 0.15) is 39.9 Å². The van der Waals surface area contributed by atoms with Crippen molar-refractivity contribution < 1.29 is 9.90 Å². The number of fused-ring (bicyclic) bond motifs is 3. The maximum absolute atomic E-state index is 11.3. The number of carboxylic acid groups (broad SMARTS) is 1. The third-order valence-corrected chi connectivity index (χ3v) is 5.45. The molecule has 5 heteroatoms. The maximum atomic E-state index is 11.3. The summed E-state index contributed by atoms with van der Waals surface area (Å²) in [7, 11) is 0. The van der Waals surface area contributed by atoms with Crippen molar-refractivity contribution in [2.75, 3.05) is 5.32 Å². The van der Waals surface area contributed by atoms with E-state index in [0.29, 0.717) is 16.0 Å². The first-order valence-corrected chi connectivity index (χ1v) is 8.55. The fourth-order valence-corrected chi connectivity index (χ4v) is 4.19. The molecule has 4 rings (SSSR count). The van der Waals surface area contributed by atoms with Gasteiger partial charge in [-0.05, 0) is 47.7 Å². The molecule has 2 aromatic carbocycles. The fourth-order valence-electron chi connectivity index (χ4n) is 3.78. The number of anilines is 1. The van der Waals surface area contributed by atoms with Gasteiger partial charge in [0.05, 0.1) is 22.3 Å². The summed E-state index contributed by atoms with van der Waals surface area (Å²) < 4.78 is 0. The number of nitrogens with one attached hydrogen (secondary N) is 1. The molecule has 0 spiro atoms. The molecule has 1 aliphatic heterocycles. The number of halogens is 2. The molecule has 3 nitrogen and oxygen atoms in total. The lowest BCUT2D eigenvalue weighted by molar-refractivity contribution is 0.0696. The molecule has 0 unspecified atom stereocenters. The van der Waals surface area contributed by atoms with Gasteiger partial charge in [-0.1, -0.05) is 47.5 Å². The summed E-state index contributed by atoms with van der Waals surface area (Å²) in [4.78, 5) is 11.3. The zero-order valence-corrected chi connectivity index (χ0v) is 14.2. The first-order valence-electron chi connectivity index (χ1n) is 7.80. The molecule has 2 N–H and O–H groups in total. The minimum atomic E-state index is -0.960. The summed E-state index contributed by atoms with van der Waals surface area (Å²) in [6, 6.07) is 11.2. The minimum absolute atomic E-state index is 0.114. The van der Waals surface area contributed by atoms with Crippen molar-refractivity contribution in [1.29, 1.82) is 0 Å². The average molecular weight is 360 g/mol. The van der Waals surface area contributed by atoms with Gasteiger partial charge in [0.1, 0.15) is 0 Å². The van der Waals surface area contributed by atoms with Gasteiger partial charge in [-0.3, -0.25) is 0 Å². The topological polar surface area (TPSA) is 49.3 Å². The minimum Gasteiger partial charge on any atom is -0.478 e. The molecule has 122 valence electrons. The maximum Gasteiger partial charge on any atom is 0.335 e. The van der Waals surface area contributed by atoms with E-state index in [1.807, 2.05) is 24.3 Å². The van der Waals surface area contributed by atoms with E-state index >= 15 is 0 Å². The second kappa shape index (κ2) is 5.83. The molecule has 1 heterocycles. The summed E-state index contributed by atoms with van der Waals surface area (Å²) in [5.74, 6) is -0.462. The molecule has 0 bridgehead atoms. The predicted octanol–water partition coefficient (Wildman–Crippen LogP) is 5.52. The molecule has 0 amide bonds. The van der Waals surface area contributed by atoms with Gasteiger partial charge in [0.25, 0.3) is 0 Å². The van der Waals surface area contributed by atoms with Crippen molar-refractivity contribution in [3.8, 4) is 0 Å². The summed E-state index contributed by atoms with van der Waals surface area (Å²) >= 11 is 12.4. The zero-order valence-electron chi connectivity index (χ0n) is 12.7. The van der Waals surface area contributed by atoms with Crippen molar-refractivity contribution >= 4 is 34.9 Å². The molecule has 0 fully saturated rings. The van der Waals surface area contributed by atoms with Crippen LogP contribution in [0.4, 0.5) is 5.69 Å². The SMILES string of the molecule is O=C(O)c1cc(Cl)c2c(c1)[C@@H]1C=CC[C@@H]1[C@@H](c1ccc(Cl)cc1)N2. The number of hydrogen-bond acceptors (Lipinski definition) is 2. The fraction of sp³-hybridized carbons (Fsp3) is 0.211. The van der Waals surface area contributed by atoms with Crippen LogP contribution in [0.25, 0.3) is 0 Å². The van der Waals surface area contributed by atoms with Gasteiger partial charge in [-0.15, -0.1) is 0 Å². The van der Waals surface area contributed by atoms with E-state index < -0.39 is 5.97 Å². The van der Waals surface area contributed by atoms with Crippen LogP contribution in [-0.4, -0.2) is 11.1 Å². The lowest BCUT2D eigenvalue weighted by Gasteiger charge is -2.38. The number of allylic oxidation sites excluding steroid dienone is 2. The highest BCUT2D eigenvalue weighted by Gasteiger charge is 2.39. The smallest absolute Gasteiger partial charge is 0.335 e. The number of carboxylic acids is 1. The average Bonchev–Trinajstić information content (AvgIpc) is 3.05. The standard InChI is InChI=1S/C19H15Cl2NO2/c20-12-6-4-10(5-7-12)17-14-3-1-2-13(14)15-8-11(19(23)24)9-16(21)18(15)22-17/h1-2,4-9,13-14,17,22H,3H2,(H,23,24)/t13-,14+,17-/m1/s1. The van der Waals surface area contributed by atoms with Crippen molar-refractivity contribution in [1.82, 2.24) is 0 Å². The number of carbonyl (C=O) groups is 1. The van der Waals surface area contributed by atoms with Crippen LogP contribution in [0.2, 0.25) is 10.0 Å². The molecule has 0 saturated heterocycles. The third kappa shape index (κ3) is 2.48. The molecular weight excluding hydrogens is 345 g/mol. The van der Waals surface area contributed by atoms with E-state index in [0.717, 1.165) is 23.2 Å². The highest BCUT2D eigenvalue weighted by molar-refractivity contribution is 6.34. The monoisotopic (exact) mass is 359 g/mol. The van der Waals surface area contributed by atoms with Gasteiger partial charge in [0.2, 0.25) is 0 Å². The van der Waals surface area contributed by atoms with Gasteiger partial charge in [-0.2, -0.15) is 0 Å². The van der Waals surface area contributed by atoms with Crippen LogP contribution in [0.3, 0.4) is 0 Å². The Morgan fingerprint density at radius 2 is 1.92 bits per heavy atom.